The number of rotatable bonds is 4. The number of hydrogen-bond acceptors (Lipinski definition) is 3. The summed E-state index contributed by atoms with van der Waals surface area (Å²) >= 11 is 6.20. The highest BCUT2D eigenvalue weighted by atomic mass is 35.5. The third-order valence-electron chi connectivity index (χ3n) is 2.54. The fourth-order valence-electron chi connectivity index (χ4n) is 1.67. The fourth-order valence-corrected chi connectivity index (χ4v) is 2.59. The number of pyridine rings is 1. The minimum Gasteiger partial charge on any atom is -0.320 e. The Labute approximate surface area is 129 Å². The van der Waals surface area contributed by atoms with E-state index in [1.54, 1.807) is 31.2 Å². The monoisotopic (exact) mass is 328 g/mol. The number of carbonyl (C=O) groups is 1. The zero-order valence-corrected chi connectivity index (χ0v) is 12.5. The van der Waals surface area contributed by atoms with Crippen molar-refractivity contribution in [2.45, 2.75) is 17.6 Å². The Morgan fingerprint density at radius 1 is 1.29 bits per heavy atom. The first-order valence-corrected chi connectivity index (χ1v) is 7.21. The normalized spacial score (nSPS) is 10.7. The van der Waals surface area contributed by atoms with Crippen LogP contribution in [0.2, 0.25) is 5.02 Å². The van der Waals surface area contributed by atoms with Crippen LogP contribution in [-0.2, 0) is 0 Å². The number of benzene rings is 1. The number of nitrogens with zero attached hydrogens (tertiary/aromatic N) is 1. The van der Waals surface area contributed by atoms with E-state index in [2.05, 4.69) is 10.3 Å². The summed E-state index contributed by atoms with van der Waals surface area (Å²) in [6, 6.07) is 9.60. The van der Waals surface area contributed by atoms with Gasteiger partial charge in [0.1, 0.15) is 5.69 Å². The smallest absolute Gasteiger partial charge is 0.289 e. The van der Waals surface area contributed by atoms with Gasteiger partial charge in [-0.3, -0.25) is 4.79 Å². The van der Waals surface area contributed by atoms with Crippen LogP contribution in [-0.4, -0.2) is 16.6 Å². The molecular formula is C14H11ClF2N2OS. The lowest BCUT2D eigenvalue weighted by molar-refractivity contribution is 0.102. The molecule has 1 aromatic carbocycles. The van der Waals surface area contributed by atoms with Gasteiger partial charge >= 0.3 is 0 Å². The van der Waals surface area contributed by atoms with E-state index in [0.717, 1.165) is 0 Å². The predicted molar refractivity (Wildman–Crippen MR) is 80.2 cm³/mol. The first-order valence-electron chi connectivity index (χ1n) is 5.95. The number of halogens is 3. The van der Waals surface area contributed by atoms with Gasteiger partial charge in [-0.15, -0.1) is 0 Å². The topological polar surface area (TPSA) is 42.0 Å². The van der Waals surface area contributed by atoms with E-state index in [9.17, 15) is 13.6 Å². The van der Waals surface area contributed by atoms with Crippen LogP contribution in [0.25, 0.3) is 0 Å². The summed E-state index contributed by atoms with van der Waals surface area (Å²) in [4.78, 5) is 16.3. The molecule has 1 heterocycles. The molecule has 21 heavy (non-hydrogen) atoms. The first-order chi connectivity index (χ1) is 9.97. The molecule has 1 N–H and O–H groups in total. The first kappa shape index (κ1) is 15.7. The second kappa shape index (κ2) is 6.87. The van der Waals surface area contributed by atoms with Crippen molar-refractivity contribution >= 4 is 35.0 Å². The van der Waals surface area contributed by atoms with Crippen molar-refractivity contribution in [1.29, 1.82) is 0 Å². The van der Waals surface area contributed by atoms with Gasteiger partial charge in [0.05, 0.1) is 15.6 Å². The molecule has 0 fully saturated rings. The number of nitrogens with one attached hydrogen (secondary N) is 1. The van der Waals surface area contributed by atoms with Crippen LogP contribution in [0.3, 0.4) is 0 Å². The molecular weight excluding hydrogens is 318 g/mol. The van der Waals surface area contributed by atoms with Gasteiger partial charge in [0, 0.05) is 5.69 Å². The molecule has 0 bridgehead atoms. The van der Waals surface area contributed by atoms with Crippen LogP contribution in [0.1, 0.15) is 16.2 Å². The predicted octanol–water partition coefficient (Wildman–Crippen LogP) is 4.61. The van der Waals surface area contributed by atoms with Gasteiger partial charge in [-0.1, -0.05) is 35.5 Å². The van der Waals surface area contributed by atoms with Gasteiger partial charge in [0.2, 0.25) is 0 Å². The molecule has 0 spiro atoms. The van der Waals surface area contributed by atoms with Crippen molar-refractivity contribution in [3.63, 3.8) is 0 Å². The van der Waals surface area contributed by atoms with Crippen molar-refractivity contribution < 1.29 is 13.6 Å². The number of aryl methyl sites for hydroxylation is 1. The molecule has 1 amide bonds. The maximum Gasteiger partial charge on any atom is 0.289 e. The lowest BCUT2D eigenvalue weighted by atomic mass is 10.2. The third kappa shape index (κ3) is 4.15. The summed E-state index contributed by atoms with van der Waals surface area (Å²) in [5.41, 5.74) is 1.14. The fraction of sp³-hybridized carbons (Fsp3) is 0.143. The zero-order chi connectivity index (χ0) is 15.4. The Morgan fingerprint density at radius 2 is 2.00 bits per heavy atom. The van der Waals surface area contributed by atoms with Crippen LogP contribution in [0.15, 0.2) is 41.3 Å². The molecule has 2 rings (SSSR count). The van der Waals surface area contributed by atoms with Crippen molar-refractivity contribution in [2.24, 2.45) is 0 Å². The maximum absolute atomic E-state index is 12.6. The number of anilines is 1. The van der Waals surface area contributed by atoms with Crippen LogP contribution in [0, 0.1) is 6.92 Å². The van der Waals surface area contributed by atoms with E-state index in [1.165, 1.54) is 12.1 Å². The van der Waals surface area contributed by atoms with Crippen molar-refractivity contribution in [1.82, 2.24) is 4.98 Å². The van der Waals surface area contributed by atoms with E-state index in [1.807, 2.05) is 0 Å². The van der Waals surface area contributed by atoms with Gasteiger partial charge in [0.15, 0.2) is 0 Å². The second-order valence-corrected chi connectivity index (χ2v) is 5.52. The summed E-state index contributed by atoms with van der Waals surface area (Å²) in [5, 5.41) is 2.72. The van der Waals surface area contributed by atoms with Gasteiger partial charge in [-0.2, -0.15) is 8.78 Å². The Hall–Kier alpha value is -1.66. The molecule has 0 saturated carbocycles. The Kier molecular flexibility index (Phi) is 5.14. The van der Waals surface area contributed by atoms with Crippen LogP contribution < -0.4 is 5.32 Å². The average Bonchev–Trinajstić information content (AvgIpc) is 2.42. The average molecular weight is 329 g/mol. The van der Waals surface area contributed by atoms with E-state index in [-0.39, 0.29) is 21.3 Å². The number of aromatic nitrogens is 1. The van der Waals surface area contributed by atoms with E-state index < -0.39 is 11.7 Å². The largest absolute Gasteiger partial charge is 0.320 e. The molecule has 110 valence electrons. The SMILES string of the molecule is Cc1cccc(C(=O)Nc2cccc(Cl)c2SC(F)F)n1. The van der Waals surface area contributed by atoms with E-state index >= 15 is 0 Å². The lowest BCUT2D eigenvalue weighted by Crippen LogP contribution is -2.14. The van der Waals surface area contributed by atoms with Crippen molar-refractivity contribution in [3.8, 4) is 0 Å². The molecule has 2 aromatic rings. The molecule has 0 saturated heterocycles. The van der Waals surface area contributed by atoms with Crippen LogP contribution in [0.5, 0.6) is 0 Å². The molecule has 1 aromatic heterocycles. The quantitative estimate of drug-likeness (QED) is 0.833. The third-order valence-corrected chi connectivity index (χ3v) is 3.82. The van der Waals surface area contributed by atoms with Crippen molar-refractivity contribution in [2.75, 3.05) is 5.32 Å². The molecule has 0 unspecified atom stereocenters. The number of carbonyl (C=O) groups excluding carboxylic acids is 1. The molecule has 3 nitrogen and oxygen atoms in total. The molecule has 0 aliphatic rings. The molecule has 7 heteroatoms. The van der Waals surface area contributed by atoms with Gasteiger partial charge < -0.3 is 5.32 Å². The van der Waals surface area contributed by atoms with E-state index in [0.29, 0.717) is 17.5 Å². The number of alkyl halides is 2. The minimum absolute atomic E-state index is 0.134. The Morgan fingerprint density at radius 3 is 2.67 bits per heavy atom. The maximum atomic E-state index is 12.6. The highest BCUT2D eigenvalue weighted by molar-refractivity contribution is 7.99. The number of thioether (sulfide) groups is 1. The van der Waals surface area contributed by atoms with Gasteiger partial charge in [-0.05, 0) is 31.2 Å². The highest BCUT2D eigenvalue weighted by Crippen LogP contribution is 2.37. The number of amides is 1. The second-order valence-electron chi connectivity index (χ2n) is 4.11. The summed E-state index contributed by atoms with van der Waals surface area (Å²) in [7, 11) is 0. The molecule has 0 atom stereocenters. The standard InChI is InChI=1S/C14H11ClF2N2OS/c1-8-4-2-7-11(18-8)13(20)19-10-6-3-5-9(15)12(10)21-14(16)17/h2-7,14H,1H3,(H,19,20). The molecule has 0 aliphatic carbocycles. The van der Waals surface area contributed by atoms with Crippen LogP contribution >= 0.6 is 23.4 Å². The van der Waals surface area contributed by atoms with Crippen LogP contribution in [0.4, 0.5) is 14.5 Å². The van der Waals surface area contributed by atoms with E-state index in [4.69, 9.17) is 11.6 Å². The number of hydrogen-bond donors (Lipinski definition) is 1. The lowest BCUT2D eigenvalue weighted by Gasteiger charge is -2.11. The van der Waals surface area contributed by atoms with Gasteiger partial charge in [0.25, 0.3) is 11.7 Å². The van der Waals surface area contributed by atoms with Gasteiger partial charge in [-0.25, -0.2) is 4.98 Å². The zero-order valence-electron chi connectivity index (χ0n) is 10.9. The summed E-state index contributed by atoms with van der Waals surface area (Å²) in [6.45, 7) is 1.76. The molecule has 0 aliphatic heterocycles. The summed E-state index contributed by atoms with van der Waals surface area (Å²) < 4.78 is 25.1. The summed E-state index contributed by atoms with van der Waals surface area (Å²) in [5.74, 6) is -3.10. The molecule has 0 radical (unpaired) electrons. The minimum atomic E-state index is -2.63. The van der Waals surface area contributed by atoms with Crippen molar-refractivity contribution in [3.05, 3.63) is 52.8 Å². The highest BCUT2D eigenvalue weighted by Gasteiger charge is 2.16. The Balaban J connectivity index is 2.27. The Bertz CT molecular complexity index is 667. The summed E-state index contributed by atoms with van der Waals surface area (Å²) in [6.07, 6.45) is 0.